The predicted molar refractivity (Wildman–Crippen MR) is 112 cm³/mol. The van der Waals surface area contributed by atoms with Gasteiger partial charge in [0.05, 0.1) is 0 Å². The molecule has 156 valence electrons. The Balaban J connectivity index is 3.25. The van der Waals surface area contributed by atoms with Gasteiger partial charge in [-0.1, -0.05) is 104 Å². The standard InChI is InChI=1S/C22H46N2O2/c1-4-6-7-8-9-10-11-12-13-14-15-16-17-18-19-20-22(26)23-24(5-2)21(3)25/h21,25H,4-20H2,1-3H3,(H,23,26). The zero-order valence-corrected chi connectivity index (χ0v) is 17.9. The third-order valence-electron chi connectivity index (χ3n) is 5.07. The van der Waals surface area contributed by atoms with Crippen molar-refractivity contribution in [3.05, 3.63) is 0 Å². The van der Waals surface area contributed by atoms with E-state index in [1.165, 1.54) is 83.5 Å². The van der Waals surface area contributed by atoms with Crippen LogP contribution in [0.25, 0.3) is 0 Å². The number of nitrogens with one attached hydrogen (secondary N) is 1. The number of aliphatic hydroxyl groups is 1. The van der Waals surface area contributed by atoms with Gasteiger partial charge >= 0.3 is 0 Å². The normalized spacial score (nSPS) is 12.5. The number of rotatable bonds is 19. The molecule has 1 unspecified atom stereocenters. The molecule has 0 rings (SSSR count). The molecule has 26 heavy (non-hydrogen) atoms. The van der Waals surface area contributed by atoms with Gasteiger partial charge in [-0.3, -0.25) is 10.2 Å². The minimum atomic E-state index is -0.634. The lowest BCUT2D eigenvalue weighted by molar-refractivity contribution is -0.131. The van der Waals surface area contributed by atoms with Crippen molar-refractivity contribution in [3.8, 4) is 0 Å². The smallest absolute Gasteiger partial charge is 0.234 e. The van der Waals surface area contributed by atoms with Gasteiger partial charge in [-0.05, 0) is 13.3 Å². The van der Waals surface area contributed by atoms with E-state index in [0.29, 0.717) is 13.0 Å². The van der Waals surface area contributed by atoms with Crippen LogP contribution >= 0.6 is 0 Å². The first-order valence-corrected chi connectivity index (χ1v) is 11.4. The SMILES string of the molecule is CCCCCCCCCCCCCCCCCC(=O)NN(CC)C(C)O. The van der Waals surface area contributed by atoms with Gasteiger partial charge in [0.1, 0.15) is 6.23 Å². The molecule has 0 aromatic heterocycles. The molecule has 1 atom stereocenters. The molecule has 0 bridgehead atoms. The average Bonchev–Trinajstić information content (AvgIpc) is 2.62. The Hall–Kier alpha value is -0.610. The van der Waals surface area contributed by atoms with Crippen LogP contribution in [0.5, 0.6) is 0 Å². The lowest BCUT2D eigenvalue weighted by Crippen LogP contribution is -2.47. The Morgan fingerprint density at radius 2 is 1.15 bits per heavy atom. The monoisotopic (exact) mass is 370 g/mol. The maximum Gasteiger partial charge on any atom is 0.234 e. The molecule has 0 spiro atoms. The summed E-state index contributed by atoms with van der Waals surface area (Å²) in [5.74, 6) is 0.0162. The van der Waals surface area contributed by atoms with E-state index < -0.39 is 6.23 Å². The molecule has 1 amide bonds. The van der Waals surface area contributed by atoms with Crippen molar-refractivity contribution in [2.24, 2.45) is 0 Å². The van der Waals surface area contributed by atoms with E-state index in [1.54, 1.807) is 11.9 Å². The number of carbonyl (C=O) groups is 1. The summed E-state index contributed by atoms with van der Waals surface area (Å²) in [5, 5.41) is 11.0. The third kappa shape index (κ3) is 16.8. The maximum atomic E-state index is 11.8. The van der Waals surface area contributed by atoms with Gasteiger partial charge < -0.3 is 5.11 Å². The van der Waals surface area contributed by atoms with E-state index in [9.17, 15) is 9.90 Å². The van der Waals surface area contributed by atoms with E-state index >= 15 is 0 Å². The molecule has 0 aromatic rings. The minimum absolute atomic E-state index is 0.0162. The van der Waals surface area contributed by atoms with E-state index in [0.717, 1.165) is 12.8 Å². The molecular formula is C22H46N2O2. The summed E-state index contributed by atoms with van der Waals surface area (Å²) in [5.41, 5.74) is 2.76. The van der Waals surface area contributed by atoms with Gasteiger partial charge in [-0.25, -0.2) is 0 Å². The zero-order valence-electron chi connectivity index (χ0n) is 17.9. The predicted octanol–water partition coefficient (Wildman–Crippen LogP) is 5.94. The van der Waals surface area contributed by atoms with E-state index in [-0.39, 0.29) is 5.91 Å². The molecule has 0 fully saturated rings. The van der Waals surface area contributed by atoms with Gasteiger partial charge in [0.25, 0.3) is 0 Å². The average molecular weight is 371 g/mol. The van der Waals surface area contributed by atoms with Crippen LogP contribution in [0.3, 0.4) is 0 Å². The highest BCUT2D eigenvalue weighted by Gasteiger charge is 2.11. The molecule has 0 saturated carbocycles. The molecule has 4 heteroatoms. The second-order valence-electron chi connectivity index (χ2n) is 7.65. The fraction of sp³-hybridized carbons (Fsp3) is 0.955. The van der Waals surface area contributed by atoms with Crippen molar-refractivity contribution in [3.63, 3.8) is 0 Å². The van der Waals surface area contributed by atoms with Crippen LogP contribution in [-0.2, 0) is 4.79 Å². The summed E-state index contributed by atoms with van der Waals surface area (Å²) in [6.45, 7) is 6.47. The molecule has 0 saturated heterocycles. The molecule has 0 aliphatic heterocycles. The Labute approximate surface area is 163 Å². The number of hydrogen-bond acceptors (Lipinski definition) is 3. The molecular weight excluding hydrogens is 324 g/mol. The first-order chi connectivity index (χ1) is 12.6. The van der Waals surface area contributed by atoms with Gasteiger partial charge in [0.15, 0.2) is 0 Å². The van der Waals surface area contributed by atoms with Crippen LogP contribution in [0.15, 0.2) is 0 Å². The third-order valence-corrected chi connectivity index (χ3v) is 5.07. The molecule has 0 heterocycles. The van der Waals surface area contributed by atoms with E-state index in [4.69, 9.17) is 0 Å². The minimum Gasteiger partial charge on any atom is -0.377 e. The first-order valence-electron chi connectivity index (χ1n) is 11.4. The van der Waals surface area contributed by atoms with Crippen LogP contribution in [0.4, 0.5) is 0 Å². The number of hydrogen-bond donors (Lipinski definition) is 2. The van der Waals surface area contributed by atoms with Crippen molar-refractivity contribution in [2.75, 3.05) is 6.54 Å². The fourth-order valence-electron chi connectivity index (χ4n) is 3.31. The topological polar surface area (TPSA) is 52.6 Å². The van der Waals surface area contributed by atoms with Crippen molar-refractivity contribution in [2.45, 2.75) is 130 Å². The fourth-order valence-corrected chi connectivity index (χ4v) is 3.31. The molecule has 0 radical (unpaired) electrons. The summed E-state index contributed by atoms with van der Waals surface area (Å²) in [4.78, 5) is 11.8. The Morgan fingerprint density at radius 3 is 1.50 bits per heavy atom. The van der Waals surface area contributed by atoms with Crippen molar-refractivity contribution in [1.29, 1.82) is 0 Å². The largest absolute Gasteiger partial charge is 0.377 e. The molecule has 4 nitrogen and oxygen atoms in total. The molecule has 2 N–H and O–H groups in total. The highest BCUT2D eigenvalue weighted by atomic mass is 16.3. The van der Waals surface area contributed by atoms with Crippen LogP contribution in [0.1, 0.15) is 124 Å². The van der Waals surface area contributed by atoms with Crippen LogP contribution in [-0.4, -0.2) is 28.8 Å². The lowest BCUT2D eigenvalue weighted by Gasteiger charge is -2.24. The number of amides is 1. The Bertz CT molecular complexity index is 309. The van der Waals surface area contributed by atoms with Crippen molar-refractivity contribution in [1.82, 2.24) is 10.4 Å². The lowest BCUT2D eigenvalue weighted by atomic mass is 10.0. The van der Waals surface area contributed by atoms with Gasteiger partial charge in [-0.15, -0.1) is 0 Å². The van der Waals surface area contributed by atoms with Crippen LogP contribution < -0.4 is 5.43 Å². The van der Waals surface area contributed by atoms with Crippen LogP contribution in [0, 0.1) is 0 Å². The highest BCUT2D eigenvalue weighted by Crippen LogP contribution is 2.13. The quantitative estimate of drug-likeness (QED) is 0.168. The van der Waals surface area contributed by atoms with Gasteiger partial charge in [0.2, 0.25) is 5.91 Å². The molecule has 0 aliphatic carbocycles. The summed E-state index contributed by atoms with van der Waals surface area (Å²) < 4.78 is 0. The van der Waals surface area contributed by atoms with Gasteiger partial charge in [0, 0.05) is 13.0 Å². The van der Waals surface area contributed by atoms with E-state index in [2.05, 4.69) is 12.3 Å². The van der Waals surface area contributed by atoms with Crippen molar-refractivity contribution < 1.29 is 9.90 Å². The second kappa shape index (κ2) is 19.2. The second-order valence-corrected chi connectivity index (χ2v) is 7.65. The number of nitrogens with zero attached hydrogens (tertiary/aromatic N) is 1. The first kappa shape index (κ1) is 25.4. The zero-order chi connectivity index (χ0) is 19.5. The summed E-state index contributed by atoms with van der Waals surface area (Å²) in [6, 6.07) is 0. The number of aliphatic hydroxyl groups excluding tert-OH is 1. The number of hydrazine groups is 1. The summed E-state index contributed by atoms with van der Waals surface area (Å²) in [7, 11) is 0. The number of carbonyl (C=O) groups excluding carboxylic acids is 1. The van der Waals surface area contributed by atoms with Gasteiger partial charge in [-0.2, -0.15) is 5.01 Å². The molecule has 0 aliphatic rings. The van der Waals surface area contributed by atoms with E-state index in [1.807, 2.05) is 6.92 Å². The Kier molecular flexibility index (Phi) is 18.7. The van der Waals surface area contributed by atoms with Crippen LogP contribution in [0.2, 0.25) is 0 Å². The summed E-state index contributed by atoms with van der Waals surface area (Å²) in [6.07, 6.45) is 19.9. The highest BCUT2D eigenvalue weighted by molar-refractivity contribution is 5.75. The summed E-state index contributed by atoms with van der Waals surface area (Å²) >= 11 is 0. The van der Waals surface area contributed by atoms with Crippen molar-refractivity contribution >= 4 is 5.91 Å². The number of unbranched alkanes of at least 4 members (excludes halogenated alkanes) is 14. The Morgan fingerprint density at radius 1 is 0.769 bits per heavy atom. The molecule has 0 aromatic carbocycles. The maximum absolute atomic E-state index is 11.8.